The summed E-state index contributed by atoms with van der Waals surface area (Å²) in [5, 5.41) is 15.8. The molecule has 0 atom stereocenters. The Balaban J connectivity index is 0.000000222. The van der Waals surface area contributed by atoms with Gasteiger partial charge in [0.2, 0.25) is 0 Å². The zero-order valence-corrected chi connectivity index (χ0v) is 14.5. The quantitative estimate of drug-likeness (QED) is 0.672. The number of fused-ring (bicyclic) bond motifs is 3. The molecule has 0 amide bonds. The summed E-state index contributed by atoms with van der Waals surface area (Å²) in [6, 6.07) is 17.3. The summed E-state index contributed by atoms with van der Waals surface area (Å²) in [4.78, 5) is 19.2. The Labute approximate surface area is 147 Å². The first-order valence-electron chi connectivity index (χ1n) is 7.67. The molecular formula is C21H22O4. The van der Waals surface area contributed by atoms with Crippen molar-refractivity contribution in [3.8, 4) is 11.1 Å². The van der Waals surface area contributed by atoms with Crippen molar-refractivity contribution in [2.45, 2.75) is 20.3 Å². The summed E-state index contributed by atoms with van der Waals surface area (Å²) in [5.74, 6) is -1.87. The van der Waals surface area contributed by atoms with Gasteiger partial charge in [0.15, 0.2) is 0 Å². The molecule has 0 heterocycles. The maximum Gasteiger partial charge on any atom is 0.330 e. The molecular weight excluding hydrogens is 316 g/mol. The van der Waals surface area contributed by atoms with Gasteiger partial charge in [0.05, 0.1) is 0 Å². The van der Waals surface area contributed by atoms with Crippen molar-refractivity contribution in [2.75, 3.05) is 0 Å². The average molecular weight is 338 g/mol. The van der Waals surface area contributed by atoms with Crippen LogP contribution >= 0.6 is 0 Å². The molecule has 4 heteroatoms. The topological polar surface area (TPSA) is 74.6 Å². The van der Waals surface area contributed by atoms with E-state index in [9.17, 15) is 9.59 Å². The lowest BCUT2D eigenvalue weighted by molar-refractivity contribution is -0.133. The van der Waals surface area contributed by atoms with E-state index in [1.54, 1.807) is 0 Å². The van der Waals surface area contributed by atoms with E-state index in [1.807, 2.05) is 0 Å². The van der Waals surface area contributed by atoms with Gasteiger partial charge in [-0.2, -0.15) is 0 Å². The molecule has 0 spiro atoms. The van der Waals surface area contributed by atoms with Crippen LogP contribution in [-0.2, 0) is 16.0 Å². The number of carboxylic acid groups (broad SMARTS) is 2. The summed E-state index contributed by atoms with van der Waals surface area (Å²) in [7, 11) is 0. The second-order valence-electron chi connectivity index (χ2n) is 5.66. The smallest absolute Gasteiger partial charge is 0.330 e. The molecule has 2 aromatic rings. The highest BCUT2D eigenvalue weighted by Gasteiger charge is 2.15. The van der Waals surface area contributed by atoms with Crippen molar-refractivity contribution in [1.29, 1.82) is 0 Å². The van der Waals surface area contributed by atoms with Crippen LogP contribution in [0, 0.1) is 0 Å². The van der Waals surface area contributed by atoms with Gasteiger partial charge in [-0.25, -0.2) is 9.59 Å². The van der Waals surface area contributed by atoms with Gasteiger partial charge in [0, 0.05) is 11.1 Å². The lowest BCUT2D eigenvalue weighted by Crippen LogP contribution is -1.92. The second-order valence-corrected chi connectivity index (χ2v) is 5.66. The lowest BCUT2D eigenvalue weighted by Gasteiger charge is -1.98. The molecule has 3 rings (SSSR count). The summed E-state index contributed by atoms with van der Waals surface area (Å²) in [5.41, 5.74) is 6.11. The summed E-state index contributed by atoms with van der Waals surface area (Å²) >= 11 is 0. The van der Waals surface area contributed by atoms with Crippen LogP contribution in [0.15, 0.2) is 72.8 Å². The fourth-order valence-corrected chi connectivity index (χ4v) is 2.08. The maximum absolute atomic E-state index is 9.60. The van der Waals surface area contributed by atoms with E-state index in [-0.39, 0.29) is 11.1 Å². The molecule has 4 nitrogen and oxygen atoms in total. The maximum atomic E-state index is 9.60. The third-order valence-electron chi connectivity index (χ3n) is 3.44. The molecule has 0 radical (unpaired) electrons. The zero-order chi connectivity index (χ0) is 19.0. The molecule has 0 fully saturated rings. The summed E-state index contributed by atoms with van der Waals surface area (Å²) < 4.78 is 0. The Morgan fingerprint density at radius 1 is 0.760 bits per heavy atom. The van der Waals surface area contributed by atoms with Crippen LogP contribution in [0.5, 0.6) is 0 Å². The van der Waals surface area contributed by atoms with Gasteiger partial charge in [0.1, 0.15) is 0 Å². The van der Waals surface area contributed by atoms with Gasteiger partial charge < -0.3 is 10.2 Å². The monoisotopic (exact) mass is 338 g/mol. The molecule has 0 bridgehead atoms. The van der Waals surface area contributed by atoms with Gasteiger partial charge in [-0.1, -0.05) is 61.7 Å². The lowest BCUT2D eigenvalue weighted by atomic mass is 10.1. The molecule has 0 saturated heterocycles. The third-order valence-corrected chi connectivity index (χ3v) is 3.44. The Hall–Kier alpha value is -3.14. The minimum Gasteiger partial charge on any atom is -0.478 e. The van der Waals surface area contributed by atoms with Crippen LogP contribution in [-0.4, -0.2) is 22.2 Å². The number of hydrogen-bond donors (Lipinski definition) is 2. The van der Waals surface area contributed by atoms with E-state index in [1.165, 1.54) is 36.1 Å². The van der Waals surface area contributed by atoms with E-state index in [0.29, 0.717) is 0 Å². The fourth-order valence-electron chi connectivity index (χ4n) is 2.08. The number of hydrogen-bond acceptors (Lipinski definition) is 2. The molecule has 1 aliphatic rings. The van der Waals surface area contributed by atoms with Crippen LogP contribution in [0.25, 0.3) is 11.1 Å². The first kappa shape index (κ1) is 19.9. The highest BCUT2D eigenvalue weighted by Crippen LogP contribution is 2.35. The first-order chi connectivity index (χ1) is 11.7. The SMILES string of the molecule is C=C(C)C(=O)O.C=C(C)C(=O)O.c1ccc2c(c1)Cc1ccccc1-2. The van der Waals surface area contributed by atoms with E-state index in [2.05, 4.69) is 61.7 Å². The van der Waals surface area contributed by atoms with Crippen LogP contribution in [0.4, 0.5) is 0 Å². The van der Waals surface area contributed by atoms with Crippen molar-refractivity contribution in [3.63, 3.8) is 0 Å². The minimum absolute atomic E-state index is 0.176. The highest BCUT2D eigenvalue weighted by atomic mass is 16.4. The van der Waals surface area contributed by atoms with E-state index in [4.69, 9.17) is 10.2 Å². The van der Waals surface area contributed by atoms with E-state index in [0.717, 1.165) is 6.42 Å². The number of rotatable bonds is 2. The second kappa shape index (κ2) is 9.23. The molecule has 0 aliphatic heterocycles. The zero-order valence-electron chi connectivity index (χ0n) is 14.5. The van der Waals surface area contributed by atoms with Crippen molar-refractivity contribution >= 4 is 11.9 Å². The highest BCUT2D eigenvalue weighted by molar-refractivity contribution is 5.85. The molecule has 25 heavy (non-hydrogen) atoms. The van der Waals surface area contributed by atoms with Gasteiger partial charge >= 0.3 is 11.9 Å². The first-order valence-corrected chi connectivity index (χ1v) is 7.67. The molecule has 2 aromatic carbocycles. The average Bonchev–Trinajstić information content (AvgIpc) is 2.94. The number of aliphatic carboxylic acids is 2. The number of carbonyl (C=O) groups is 2. The Morgan fingerprint density at radius 2 is 1.04 bits per heavy atom. The Bertz CT molecular complexity index is 712. The molecule has 0 saturated carbocycles. The molecule has 130 valence electrons. The van der Waals surface area contributed by atoms with E-state index >= 15 is 0 Å². The fraction of sp³-hybridized carbons (Fsp3) is 0.143. The van der Waals surface area contributed by atoms with E-state index < -0.39 is 11.9 Å². The van der Waals surface area contributed by atoms with Crippen molar-refractivity contribution in [2.24, 2.45) is 0 Å². The normalized spacial score (nSPS) is 10.0. The summed E-state index contributed by atoms with van der Waals surface area (Å²) in [6.45, 7) is 9.20. The Kier molecular flexibility index (Phi) is 7.35. The summed E-state index contributed by atoms with van der Waals surface area (Å²) in [6.07, 6.45) is 1.10. The van der Waals surface area contributed by atoms with Crippen molar-refractivity contribution in [3.05, 3.63) is 84.0 Å². The third kappa shape index (κ3) is 6.11. The number of benzene rings is 2. The number of carboxylic acids is 2. The predicted molar refractivity (Wildman–Crippen MR) is 99.6 cm³/mol. The van der Waals surface area contributed by atoms with Gasteiger partial charge in [0.25, 0.3) is 0 Å². The van der Waals surface area contributed by atoms with Crippen LogP contribution in [0.3, 0.4) is 0 Å². The molecule has 2 N–H and O–H groups in total. The predicted octanol–water partition coefficient (Wildman–Crippen LogP) is 4.55. The standard InChI is InChI=1S/C13H10.2C4H6O2/c1-3-7-12-10(5-1)9-11-6-2-4-8-13(11)12;2*1-3(2)4(5)6/h1-8H,9H2;2*1H2,2H3,(H,5,6). The van der Waals surface area contributed by atoms with Crippen molar-refractivity contribution in [1.82, 2.24) is 0 Å². The van der Waals surface area contributed by atoms with Gasteiger partial charge in [-0.15, -0.1) is 0 Å². The van der Waals surface area contributed by atoms with Crippen molar-refractivity contribution < 1.29 is 19.8 Å². The Morgan fingerprint density at radius 3 is 1.32 bits per heavy atom. The largest absolute Gasteiger partial charge is 0.478 e. The van der Waals surface area contributed by atoms with Gasteiger partial charge in [-0.3, -0.25) is 0 Å². The minimum atomic E-state index is -0.935. The van der Waals surface area contributed by atoms with Crippen LogP contribution in [0.2, 0.25) is 0 Å². The molecule has 0 aromatic heterocycles. The van der Waals surface area contributed by atoms with Crippen LogP contribution < -0.4 is 0 Å². The van der Waals surface area contributed by atoms with Crippen LogP contribution in [0.1, 0.15) is 25.0 Å². The molecule has 0 unspecified atom stereocenters. The molecule has 1 aliphatic carbocycles. The van der Waals surface area contributed by atoms with Gasteiger partial charge in [-0.05, 0) is 42.5 Å².